The van der Waals surface area contributed by atoms with Crippen molar-refractivity contribution in [3.05, 3.63) is 70.3 Å². The highest BCUT2D eigenvalue weighted by atomic mass is 32.2. The average molecular weight is 374 g/mol. The fraction of sp³-hybridized carbons (Fsp3) is 0.278. The van der Waals surface area contributed by atoms with E-state index in [4.69, 9.17) is 0 Å². The average Bonchev–Trinajstić information content (AvgIpc) is 3.13. The molecule has 0 amide bonds. The number of nitro groups is 1. The lowest BCUT2D eigenvalue weighted by Crippen LogP contribution is -2.41. The van der Waals surface area contributed by atoms with Crippen molar-refractivity contribution < 1.29 is 18.1 Å². The topological polar surface area (TPSA) is 97.6 Å². The third-order valence-corrected chi connectivity index (χ3v) is 6.37. The van der Waals surface area contributed by atoms with Gasteiger partial charge in [-0.3, -0.25) is 14.9 Å². The Labute approximate surface area is 151 Å². The van der Waals surface area contributed by atoms with Gasteiger partial charge < -0.3 is 0 Å². The molecule has 0 bridgehead atoms. The van der Waals surface area contributed by atoms with Crippen molar-refractivity contribution in [2.45, 2.75) is 30.2 Å². The van der Waals surface area contributed by atoms with Crippen LogP contribution in [0, 0.1) is 10.1 Å². The molecule has 1 aliphatic rings. The number of rotatable bonds is 6. The van der Waals surface area contributed by atoms with Crippen LogP contribution >= 0.6 is 0 Å². The summed E-state index contributed by atoms with van der Waals surface area (Å²) >= 11 is 0. The maximum Gasteiger partial charge on any atom is 0.269 e. The highest BCUT2D eigenvalue weighted by Crippen LogP contribution is 2.28. The Balaban J connectivity index is 1.82. The first kappa shape index (κ1) is 18.2. The van der Waals surface area contributed by atoms with Crippen LogP contribution in [0.2, 0.25) is 0 Å². The first-order chi connectivity index (χ1) is 12.4. The fourth-order valence-electron chi connectivity index (χ4n) is 3.14. The molecule has 0 unspecified atom stereocenters. The Bertz CT molecular complexity index is 910. The van der Waals surface area contributed by atoms with Gasteiger partial charge in [0.15, 0.2) is 5.78 Å². The monoisotopic (exact) mass is 374 g/mol. The minimum atomic E-state index is -3.88. The number of non-ortho nitro benzene ring substituents is 1. The van der Waals surface area contributed by atoms with Gasteiger partial charge in [-0.25, -0.2) is 8.42 Å². The van der Waals surface area contributed by atoms with Crippen molar-refractivity contribution in [3.63, 3.8) is 0 Å². The summed E-state index contributed by atoms with van der Waals surface area (Å²) in [5.74, 6) is -0.140. The largest absolute Gasteiger partial charge is 0.298 e. The van der Waals surface area contributed by atoms with Gasteiger partial charge in [0.2, 0.25) is 10.0 Å². The molecule has 0 spiro atoms. The molecule has 1 fully saturated rings. The predicted molar refractivity (Wildman–Crippen MR) is 95.2 cm³/mol. The van der Waals surface area contributed by atoms with Gasteiger partial charge in [-0.1, -0.05) is 30.3 Å². The lowest BCUT2D eigenvalue weighted by molar-refractivity contribution is -0.384. The van der Waals surface area contributed by atoms with Crippen LogP contribution < -0.4 is 0 Å². The number of hydrogen-bond acceptors (Lipinski definition) is 5. The molecule has 0 aliphatic carbocycles. The van der Waals surface area contributed by atoms with Crippen molar-refractivity contribution in [1.29, 1.82) is 0 Å². The van der Waals surface area contributed by atoms with Gasteiger partial charge in [-0.2, -0.15) is 4.31 Å². The van der Waals surface area contributed by atoms with E-state index in [1.807, 2.05) is 30.3 Å². The second-order valence-corrected chi connectivity index (χ2v) is 8.04. The number of carbonyl (C=O) groups excluding carboxylic acids is 1. The van der Waals surface area contributed by atoms with E-state index in [1.54, 1.807) is 0 Å². The van der Waals surface area contributed by atoms with Crippen LogP contribution in [-0.2, 0) is 21.2 Å². The number of nitrogens with zero attached hydrogens (tertiary/aromatic N) is 2. The minimum absolute atomic E-state index is 0.0393. The number of Topliss-reactive ketones (excluding diaryl/α,β-unsaturated/α-hetero) is 1. The molecule has 7 nitrogen and oxygen atoms in total. The van der Waals surface area contributed by atoms with Gasteiger partial charge in [-0.05, 0) is 30.5 Å². The normalized spacial score (nSPS) is 17.9. The summed E-state index contributed by atoms with van der Waals surface area (Å²) in [5.41, 5.74) is 0.666. The van der Waals surface area contributed by atoms with E-state index in [1.165, 1.54) is 16.4 Å². The Morgan fingerprint density at radius 2 is 1.77 bits per heavy atom. The maximum atomic E-state index is 12.9. The molecule has 1 atom stereocenters. The van der Waals surface area contributed by atoms with Crippen molar-refractivity contribution in [3.8, 4) is 0 Å². The summed E-state index contributed by atoms with van der Waals surface area (Å²) in [6, 6.07) is 13.2. The van der Waals surface area contributed by atoms with Gasteiger partial charge in [0.1, 0.15) is 0 Å². The highest BCUT2D eigenvalue weighted by molar-refractivity contribution is 7.89. The van der Waals surface area contributed by atoms with E-state index in [-0.39, 0.29) is 29.3 Å². The second-order valence-electron chi connectivity index (χ2n) is 6.15. The third-order valence-electron chi connectivity index (χ3n) is 4.45. The summed E-state index contributed by atoms with van der Waals surface area (Å²) in [7, 11) is -3.88. The zero-order valence-electron chi connectivity index (χ0n) is 13.9. The zero-order valence-corrected chi connectivity index (χ0v) is 14.8. The third kappa shape index (κ3) is 3.66. The molecular weight excluding hydrogens is 356 g/mol. The second kappa shape index (κ2) is 7.35. The molecular formula is C18H18N2O5S. The van der Waals surface area contributed by atoms with Crippen LogP contribution in [0.1, 0.15) is 18.4 Å². The number of ketones is 1. The minimum Gasteiger partial charge on any atom is -0.298 e. The zero-order chi connectivity index (χ0) is 18.7. The van der Waals surface area contributed by atoms with E-state index in [9.17, 15) is 23.3 Å². The molecule has 1 saturated heterocycles. The summed E-state index contributed by atoms with van der Waals surface area (Å²) in [6.45, 7) is 0.268. The van der Waals surface area contributed by atoms with Crippen LogP contribution in [-0.4, -0.2) is 36.0 Å². The molecule has 2 aromatic rings. The van der Waals surface area contributed by atoms with Crippen molar-refractivity contribution >= 4 is 21.5 Å². The molecule has 0 saturated carbocycles. The van der Waals surface area contributed by atoms with E-state index in [0.29, 0.717) is 12.8 Å². The smallest absolute Gasteiger partial charge is 0.269 e. The summed E-state index contributed by atoms with van der Waals surface area (Å²) in [5, 5.41) is 10.7. The van der Waals surface area contributed by atoms with Gasteiger partial charge in [0.05, 0.1) is 15.9 Å². The van der Waals surface area contributed by atoms with Crippen LogP contribution in [0.5, 0.6) is 0 Å². The molecule has 1 aliphatic heterocycles. The Morgan fingerprint density at radius 1 is 1.12 bits per heavy atom. The maximum absolute atomic E-state index is 12.9. The van der Waals surface area contributed by atoms with Gasteiger partial charge in [-0.15, -0.1) is 0 Å². The Kier molecular flexibility index (Phi) is 5.15. The van der Waals surface area contributed by atoms with E-state index in [2.05, 4.69) is 0 Å². The van der Waals surface area contributed by atoms with E-state index in [0.717, 1.165) is 17.7 Å². The first-order valence-electron chi connectivity index (χ1n) is 8.22. The lowest BCUT2D eigenvalue weighted by atomic mass is 10.0. The fourth-order valence-corrected chi connectivity index (χ4v) is 4.82. The molecule has 0 aromatic heterocycles. The SMILES string of the molecule is O=C(Cc1ccccc1)[C@@H]1CCCN1S(=O)(=O)c1ccc([N+](=O)[O-])cc1. The summed E-state index contributed by atoms with van der Waals surface area (Å²) in [6.07, 6.45) is 1.27. The molecule has 136 valence electrons. The lowest BCUT2D eigenvalue weighted by Gasteiger charge is -2.23. The van der Waals surface area contributed by atoms with Crippen LogP contribution in [0.15, 0.2) is 59.5 Å². The van der Waals surface area contributed by atoms with Gasteiger partial charge in [0, 0.05) is 25.1 Å². The van der Waals surface area contributed by atoms with Crippen LogP contribution in [0.3, 0.4) is 0 Å². The highest BCUT2D eigenvalue weighted by Gasteiger charge is 2.39. The number of hydrogen-bond donors (Lipinski definition) is 0. The first-order valence-corrected chi connectivity index (χ1v) is 9.66. The molecule has 1 heterocycles. The number of carbonyl (C=O) groups is 1. The molecule has 26 heavy (non-hydrogen) atoms. The van der Waals surface area contributed by atoms with Crippen LogP contribution in [0.4, 0.5) is 5.69 Å². The molecule has 2 aromatic carbocycles. The van der Waals surface area contributed by atoms with Crippen molar-refractivity contribution in [2.75, 3.05) is 6.54 Å². The van der Waals surface area contributed by atoms with Gasteiger partial charge in [0.25, 0.3) is 5.69 Å². The molecule has 0 N–H and O–H groups in total. The van der Waals surface area contributed by atoms with Crippen molar-refractivity contribution in [1.82, 2.24) is 4.31 Å². The van der Waals surface area contributed by atoms with Crippen LogP contribution in [0.25, 0.3) is 0 Å². The predicted octanol–water partition coefficient (Wildman–Crippen LogP) is 2.56. The quantitative estimate of drug-likeness (QED) is 0.572. The number of sulfonamides is 1. The molecule has 0 radical (unpaired) electrons. The van der Waals surface area contributed by atoms with E-state index >= 15 is 0 Å². The van der Waals surface area contributed by atoms with E-state index < -0.39 is 21.0 Å². The Morgan fingerprint density at radius 3 is 2.38 bits per heavy atom. The Hall–Kier alpha value is -2.58. The number of nitro benzene ring substituents is 1. The molecule has 3 rings (SSSR count). The summed E-state index contributed by atoms with van der Waals surface area (Å²) < 4.78 is 27.0. The summed E-state index contributed by atoms with van der Waals surface area (Å²) in [4.78, 5) is 22.8. The number of benzene rings is 2. The standard InChI is InChI=1S/C18H18N2O5S/c21-18(13-14-5-2-1-3-6-14)17-7-4-12-19(17)26(24,25)16-10-8-15(9-11-16)20(22)23/h1-3,5-6,8-11,17H,4,7,12-13H2/t17-/m0/s1. The van der Waals surface area contributed by atoms with Gasteiger partial charge >= 0.3 is 0 Å². The molecule has 8 heteroatoms. The van der Waals surface area contributed by atoms with Crippen molar-refractivity contribution in [2.24, 2.45) is 0 Å².